The molecule has 2 saturated heterocycles. The first-order valence-corrected chi connectivity index (χ1v) is 9.94. The average molecular weight is 389 g/mol. The van der Waals surface area contributed by atoms with Gasteiger partial charge in [0.1, 0.15) is 0 Å². The van der Waals surface area contributed by atoms with Crippen molar-refractivity contribution in [2.24, 2.45) is 11.1 Å². The molecule has 2 amide bonds. The molecule has 1 spiro atoms. The summed E-state index contributed by atoms with van der Waals surface area (Å²) in [4.78, 5) is 28.7. The number of rotatable bonds is 6. The molecule has 0 unspecified atom stereocenters. The van der Waals surface area contributed by atoms with Gasteiger partial charge in [0, 0.05) is 50.5 Å². The SMILES string of the molecule is CCN1CC2(CCN(C(=O)C[C@@H](N)c3ccc(OC)c(OC)c3)CC2)CC1=O. The highest BCUT2D eigenvalue weighted by Gasteiger charge is 2.44. The quantitative estimate of drug-likeness (QED) is 0.804. The van der Waals surface area contributed by atoms with Gasteiger partial charge in [0.2, 0.25) is 11.8 Å². The van der Waals surface area contributed by atoms with E-state index < -0.39 is 6.04 Å². The second kappa shape index (κ2) is 8.39. The molecule has 1 aromatic rings. The molecule has 0 saturated carbocycles. The van der Waals surface area contributed by atoms with Crippen LogP contribution in [0.3, 0.4) is 0 Å². The minimum atomic E-state index is -0.396. The Balaban J connectivity index is 1.57. The van der Waals surface area contributed by atoms with Crippen molar-refractivity contribution >= 4 is 11.8 Å². The topological polar surface area (TPSA) is 85.1 Å². The number of ether oxygens (including phenoxy) is 2. The highest BCUT2D eigenvalue weighted by Crippen LogP contribution is 2.41. The highest BCUT2D eigenvalue weighted by molar-refractivity contribution is 5.80. The van der Waals surface area contributed by atoms with Crippen LogP contribution in [0, 0.1) is 5.41 Å². The van der Waals surface area contributed by atoms with Crippen LogP contribution in [0.15, 0.2) is 18.2 Å². The van der Waals surface area contributed by atoms with Gasteiger partial charge in [-0.1, -0.05) is 6.07 Å². The fourth-order valence-electron chi connectivity index (χ4n) is 4.35. The van der Waals surface area contributed by atoms with Gasteiger partial charge >= 0.3 is 0 Å². The van der Waals surface area contributed by atoms with Crippen molar-refractivity contribution in [3.05, 3.63) is 23.8 Å². The normalized spacial score (nSPS) is 19.8. The summed E-state index contributed by atoms with van der Waals surface area (Å²) in [6, 6.07) is 5.10. The molecule has 2 heterocycles. The van der Waals surface area contributed by atoms with E-state index in [9.17, 15) is 9.59 Å². The molecule has 1 atom stereocenters. The number of amides is 2. The Morgan fingerprint density at radius 2 is 1.89 bits per heavy atom. The molecule has 3 rings (SSSR count). The van der Waals surface area contributed by atoms with Gasteiger partial charge in [0.15, 0.2) is 11.5 Å². The van der Waals surface area contributed by atoms with Crippen LogP contribution >= 0.6 is 0 Å². The number of carbonyl (C=O) groups is 2. The van der Waals surface area contributed by atoms with Crippen molar-refractivity contribution in [2.75, 3.05) is 40.4 Å². The number of hydrogen-bond donors (Lipinski definition) is 1. The molecule has 28 heavy (non-hydrogen) atoms. The van der Waals surface area contributed by atoms with Crippen molar-refractivity contribution in [2.45, 2.75) is 38.6 Å². The maximum atomic E-state index is 12.8. The fraction of sp³-hybridized carbons (Fsp3) is 0.619. The third-order valence-corrected chi connectivity index (χ3v) is 6.19. The lowest BCUT2D eigenvalue weighted by Gasteiger charge is -2.39. The van der Waals surface area contributed by atoms with E-state index in [1.165, 1.54) is 0 Å². The van der Waals surface area contributed by atoms with E-state index >= 15 is 0 Å². The Hall–Kier alpha value is -2.28. The second-order valence-corrected chi connectivity index (χ2v) is 7.89. The van der Waals surface area contributed by atoms with Crippen molar-refractivity contribution in [3.63, 3.8) is 0 Å². The lowest BCUT2D eigenvalue weighted by atomic mass is 9.77. The Morgan fingerprint density at radius 3 is 2.46 bits per heavy atom. The molecule has 2 N–H and O–H groups in total. The minimum Gasteiger partial charge on any atom is -0.493 e. The van der Waals surface area contributed by atoms with Crippen molar-refractivity contribution in [3.8, 4) is 11.5 Å². The molecule has 2 aliphatic heterocycles. The maximum absolute atomic E-state index is 12.8. The van der Waals surface area contributed by atoms with Crippen LogP contribution in [-0.4, -0.2) is 62.0 Å². The fourth-order valence-corrected chi connectivity index (χ4v) is 4.35. The van der Waals surface area contributed by atoms with Gasteiger partial charge in [-0.25, -0.2) is 0 Å². The van der Waals surface area contributed by atoms with Crippen molar-refractivity contribution in [1.29, 1.82) is 0 Å². The third-order valence-electron chi connectivity index (χ3n) is 6.19. The Labute approximate surface area is 166 Å². The number of nitrogens with two attached hydrogens (primary N) is 1. The van der Waals surface area contributed by atoms with Crippen molar-refractivity contribution < 1.29 is 19.1 Å². The first kappa shape index (κ1) is 20.5. The molecular formula is C21H31N3O4. The molecule has 154 valence electrons. The molecule has 0 radical (unpaired) electrons. The molecule has 1 aromatic carbocycles. The summed E-state index contributed by atoms with van der Waals surface area (Å²) in [5.74, 6) is 1.55. The van der Waals surface area contributed by atoms with Crippen LogP contribution in [0.1, 0.15) is 44.2 Å². The summed E-state index contributed by atoms with van der Waals surface area (Å²) < 4.78 is 10.6. The molecular weight excluding hydrogens is 358 g/mol. The highest BCUT2D eigenvalue weighted by atomic mass is 16.5. The molecule has 0 aromatic heterocycles. The van der Waals surface area contributed by atoms with E-state index in [0.717, 1.165) is 31.5 Å². The standard InChI is InChI=1S/C21H31N3O4/c1-4-23-14-21(13-20(23)26)7-9-24(10-8-21)19(25)12-16(22)15-5-6-17(27-2)18(11-15)28-3/h5-6,11,16H,4,7-10,12-14,22H2,1-3H3/t16-/m1/s1. The lowest BCUT2D eigenvalue weighted by molar-refractivity contribution is -0.133. The first-order valence-electron chi connectivity index (χ1n) is 9.94. The van der Waals surface area contributed by atoms with Crippen LogP contribution < -0.4 is 15.2 Å². The van der Waals surface area contributed by atoms with E-state index in [1.54, 1.807) is 20.3 Å². The predicted octanol–water partition coefficient (Wildman–Crippen LogP) is 1.95. The van der Waals surface area contributed by atoms with E-state index in [2.05, 4.69) is 0 Å². The molecule has 0 bridgehead atoms. The first-order chi connectivity index (χ1) is 13.4. The summed E-state index contributed by atoms with van der Waals surface area (Å²) in [6.45, 7) is 5.01. The zero-order chi connectivity index (χ0) is 20.3. The molecule has 2 aliphatic rings. The zero-order valence-corrected chi connectivity index (χ0v) is 17.1. The number of nitrogens with zero attached hydrogens (tertiary/aromatic N) is 2. The zero-order valence-electron chi connectivity index (χ0n) is 17.1. The van der Waals surface area contributed by atoms with E-state index in [-0.39, 0.29) is 23.7 Å². The summed E-state index contributed by atoms with van der Waals surface area (Å²) in [5.41, 5.74) is 7.19. The summed E-state index contributed by atoms with van der Waals surface area (Å²) >= 11 is 0. The summed E-state index contributed by atoms with van der Waals surface area (Å²) in [7, 11) is 3.16. The summed E-state index contributed by atoms with van der Waals surface area (Å²) in [5, 5.41) is 0. The number of likely N-dealkylation sites (tertiary alicyclic amines) is 2. The van der Waals surface area contributed by atoms with E-state index in [0.29, 0.717) is 31.0 Å². The third kappa shape index (κ3) is 4.09. The van der Waals surface area contributed by atoms with Gasteiger partial charge in [0.25, 0.3) is 0 Å². The van der Waals surface area contributed by atoms with Gasteiger partial charge in [-0.2, -0.15) is 0 Å². The number of hydrogen-bond acceptors (Lipinski definition) is 5. The van der Waals surface area contributed by atoms with E-state index in [1.807, 2.05) is 28.9 Å². The number of piperidine rings is 1. The van der Waals surface area contributed by atoms with Gasteiger partial charge in [0.05, 0.1) is 14.2 Å². The second-order valence-electron chi connectivity index (χ2n) is 7.89. The van der Waals surface area contributed by atoms with E-state index in [4.69, 9.17) is 15.2 Å². The van der Waals surface area contributed by atoms with Gasteiger partial charge in [-0.15, -0.1) is 0 Å². The number of carbonyl (C=O) groups excluding carboxylic acids is 2. The Kier molecular flexibility index (Phi) is 6.13. The molecule has 7 heteroatoms. The van der Waals surface area contributed by atoms with Crippen molar-refractivity contribution in [1.82, 2.24) is 9.80 Å². The van der Waals surface area contributed by atoms with Gasteiger partial charge in [-0.05, 0) is 37.5 Å². The van der Waals surface area contributed by atoms with Crippen LogP contribution in [0.25, 0.3) is 0 Å². The van der Waals surface area contributed by atoms with Gasteiger partial charge in [-0.3, -0.25) is 9.59 Å². The van der Waals surface area contributed by atoms with Crippen LogP contribution in [-0.2, 0) is 9.59 Å². The van der Waals surface area contributed by atoms with Crippen LogP contribution in [0.5, 0.6) is 11.5 Å². The molecule has 7 nitrogen and oxygen atoms in total. The maximum Gasteiger partial charge on any atom is 0.224 e. The molecule has 2 fully saturated rings. The summed E-state index contributed by atoms with van der Waals surface area (Å²) in [6.07, 6.45) is 2.63. The Morgan fingerprint density at radius 1 is 1.21 bits per heavy atom. The molecule has 0 aliphatic carbocycles. The number of methoxy groups -OCH3 is 2. The van der Waals surface area contributed by atoms with Gasteiger partial charge < -0.3 is 25.0 Å². The van der Waals surface area contributed by atoms with Crippen LogP contribution in [0.4, 0.5) is 0 Å². The monoisotopic (exact) mass is 389 g/mol. The lowest BCUT2D eigenvalue weighted by Crippen LogP contribution is -2.44. The average Bonchev–Trinajstić information content (AvgIpc) is 3.02. The largest absolute Gasteiger partial charge is 0.493 e. The smallest absolute Gasteiger partial charge is 0.224 e. The number of benzene rings is 1. The minimum absolute atomic E-state index is 0.0509. The Bertz CT molecular complexity index is 728. The van der Waals surface area contributed by atoms with Crippen LogP contribution in [0.2, 0.25) is 0 Å². The predicted molar refractivity (Wildman–Crippen MR) is 106 cm³/mol.